The molecule has 0 aliphatic carbocycles. The normalized spacial score (nSPS) is 12.8. The number of rotatable bonds is 12. The van der Waals surface area contributed by atoms with Crippen LogP contribution in [0.5, 0.6) is 0 Å². The van der Waals surface area contributed by atoms with Crippen LogP contribution in [-0.2, 0) is 6.42 Å². The lowest BCUT2D eigenvalue weighted by atomic mass is 9.86. The van der Waals surface area contributed by atoms with E-state index in [4.69, 9.17) is 5.73 Å². The van der Waals surface area contributed by atoms with Gasteiger partial charge in [0.25, 0.3) is 0 Å². The molecule has 3 nitrogen and oxygen atoms in total. The van der Waals surface area contributed by atoms with Crippen LogP contribution in [0.25, 0.3) is 0 Å². The van der Waals surface area contributed by atoms with Crippen molar-refractivity contribution < 1.29 is 10.2 Å². The number of aliphatic hydroxyl groups is 2. The highest BCUT2D eigenvalue weighted by Gasteiger charge is 2.20. The summed E-state index contributed by atoms with van der Waals surface area (Å²) in [6.07, 6.45) is 9.04. The van der Waals surface area contributed by atoms with Crippen molar-refractivity contribution in [2.24, 2.45) is 11.7 Å². The summed E-state index contributed by atoms with van der Waals surface area (Å²) in [5, 5.41) is 18.7. The third kappa shape index (κ3) is 6.47. The van der Waals surface area contributed by atoms with E-state index in [1.807, 2.05) is 0 Å². The van der Waals surface area contributed by atoms with Gasteiger partial charge >= 0.3 is 0 Å². The van der Waals surface area contributed by atoms with Gasteiger partial charge < -0.3 is 15.9 Å². The van der Waals surface area contributed by atoms with Crippen LogP contribution < -0.4 is 5.73 Å². The molecule has 1 rings (SSSR count). The molecule has 0 bridgehead atoms. The number of unbranched alkanes of at least 4 members (excludes halogenated alkanes) is 5. The van der Waals surface area contributed by atoms with Crippen LogP contribution in [0, 0.1) is 5.92 Å². The molecule has 0 saturated carbocycles. The summed E-state index contributed by atoms with van der Waals surface area (Å²) >= 11 is 0. The maximum Gasteiger partial charge on any atom is 0.0487 e. The van der Waals surface area contributed by atoms with Crippen molar-refractivity contribution in [3.05, 3.63) is 35.4 Å². The van der Waals surface area contributed by atoms with Crippen molar-refractivity contribution in [2.75, 3.05) is 19.8 Å². The Hall–Kier alpha value is -0.900. The molecular weight excluding hydrogens is 274 g/mol. The highest BCUT2D eigenvalue weighted by atomic mass is 16.3. The predicted octanol–water partition coefficient (Wildman–Crippen LogP) is 3.23. The molecule has 0 radical (unpaired) electrons. The van der Waals surface area contributed by atoms with E-state index in [2.05, 4.69) is 31.2 Å². The van der Waals surface area contributed by atoms with Gasteiger partial charge in [0, 0.05) is 25.0 Å². The van der Waals surface area contributed by atoms with Crippen LogP contribution in [0.3, 0.4) is 0 Å². The standard InChI is InChI=1S/C19H33NO2/c1-2-3-4-5-6-7-8-16-9-11-17(12-10-16)19(13-20)18(14-21)15-22/h9-12,18-19,21-22H,2-8,13-15,20H2,1H3. The molecule has 0 amide bonds. The Kier molecular flexibility index (Phi) is 10.1. The van der Waals surface area contributed by atoms with Gasteiger partial charge in [-0.15, -0.1) is 0 Å². The van der Waals surface area contributed by atoms with Crippen LogP contribution >= 0.6 is 0 Å². The molecule has 1 atom stereocenters. The molecule has 0 spiro atoms. The first kappa shape index (κ1) is 19.1. The number of hydrogen-bond donors (Lipinski definition) is 3. The molecule has 0 aliphatic heterocycles. The number of aliphatic hydroxyl groups excluding tert-OH is 2. The van der Waals surface area contributed by atoms with E-state index in [-0.39, 0.29) is 25.0 Å². The Morgan fingerprint density at radius 1 is 0.909 bits per heavy atom. The van der Waals surface area contributed by atoms with Crippen LogP contribution in [-0.4, -0.2) is 30.0 Å². The molecule has 126 valence electrons. The minimum Gasteiger partial charge on any atom is -0.396 e. The van der Waals surface area contributed by atoms with E-state index in [0.29, 0.717) is 6.54 Å². The summed E-state index contributed by atoms with van der Waals surface area (Å²) in [5.41, 5.74) is 8.28. The molecule has 3 heteroatoms. The lowest BCUT2D eigenvalue weighted by molar-refractivity contribution is 0.131. The molecule has 0 aliphatic rings. The average molecular weight is 307 g/mol. The minimum absolute atomic E-state index is 0.0260. The third-order valence-corrected chi connectivity index (χ3v) is 4.52. The second-order valence-corrected chi connectivity index (χ2v) is 6.23. The first-order valence-electron chi connectivity index (χ1n) is 8.77. The average Bonchev–Trinajstić information content (AvgIpc) is 2.56. The Morgan fingerprint density at radius 2 is 1.50 bits per heavy atom. The lowest BCUT2D eigenvalue weighted by Gasteiger charge is -2.23. The number of benzene rings is 1. The van der Waals surface area contributed by atoms with Crippen molar-refractivity contribution >= 4 is 0 Å². The predicted molar refractivity (Wildman–Crippen MR) is 93.0 cm³/mol. The van der Waals surface area contributed by atoms with E-state index in [0.717, 1.165) is 12.0 Å². The molecular formula is C19H33NO2. The Labute approximate surface area is 135 Å². The number of aryl methyl sites for hydroxylation is 1. The van der Waals surface area contributed by atoms with Crippen LogP contribution in [0.15, 0.2) is 24.3 Å². The van der Waals surface area contributed by atoms with Gasteiger partial charge in [0.1, 0.15) is 0 Å². The SMILES string of the molecule is CCCCCCCCc1ccc(C(CN)C(CO)CO)cc1. The van der Waals surface area contributed by atoms with Gasteiger partial charge in [0.05, 0.1) is 0 Å². The van der Waals surface area contributed by atoms with Gasteiger partial charge in [-0.3, -0.25) is 0 Å². The maximum absolute atomic E-state index is 9.33. The number of hydrogen-bond acceptors (Lipinski definition) is 3. The fraction of sp³-hybridized carbons (Fsp3) is 0.684. The van der Waals surface area contributed by atoms with Gasteiger partial charge in [-0.1, -0.05) is 63.3 Å². The zero-order valence-corrected chi connectivity index (χ0v) is 14.0. The van der Waals surface area contributed by atoms with Crippen molar-refractivity contribution in [2.45, 2.75) is 57.8 Å². The first-order valence-corrected chi connectivity index (χ1v) is 8.77. The largest absolute Gasteiger partial charge is 0.396 e. The Morgan fingerprint density at radius 3 is 2.05 bits per heavy atom. The second kappa shape index (κ2) is 11.6. The maximum atomic E-state index is 9.33. The molecule has 1 aromatic rings. The van der Waals surface area contributed by atoms with Gasteiger partial charge in [0.15, 0.2) is 0 Å². The van der Waals surface area contributed by atoms with E-state index in [1.165, 1.54) is 44.1 Å². The topological polar surface area (TPSA) is 66.5 Å². The highest BCUT2D eigenvalue weighted by molar-refractivity contribution is 5.26. The summed E-state index contributed by atoms with van der Waals surface area (Å²) in [5.74, 6) is -0.146. The van der Waals surface area contributed by atoms with Crippen molar-refractivity contribution in [1.29, 1.82) is 0 Å². The van der Waals surface area contributed by atoms with Crippen LogP contribution in [0.4, 0.5) is 0 Å². The molecule has 4 N–H and O–H groups in total. The fourth-order valence-corrected chi connectivity index (χ4v) is 2.95. The van der Waals surface area contributed by atoms with Crippen molar-refractivity contribution in [1.82, 2.24) is 0 Å². The van der Waals surface area contributed by atoms with Crippen LogP contribution in [0.2, 0.25) is 0 Å². The molecule has 22 heavy (non-hydrogen) atoms. The summed E-state index contributed by atoms with van der Waals surface area (Å²) in [6, 6.07) is 8.52. The molecule has 0 saturated heterocycles. The van der Waals surface area contributed by atoms with Gasteiger partial charge in [-0.25, -0.2) is 0 Å². The molecule has 1 aromatic carbocycles. The smallest absolute Gasteiger partial charge is 0.0487 e. The minimum atomic E-state index is -0.172. The quantitative estimate of drug-likeness (QED) is 0.519. The monoisotopic (exact) mass is 307 g/mol. The molecule has 0 aromatic heterocycles. The van der Waals surface area contributed by atoms with E-state index in [1.54, 1.807) is 0 Å². The molecule has 0 fully saturated rings. The highest BCUT2D eigenvalue weighted by Crippen LogP contribution is 2.24. The fourth-order valence-electron chi connectivity index (χ4n) is 2.95. The van der Waals surface area contributed by atoms with Crippen LogP contribution in [0.1, 0.15) is 62.5 Å². The van der Waals surface area contributed by atoms with Gasteiger partial charge in [0.2, 0.25) is 0 Å². The summed E-state index contributed by atoms with van der Waals surface area (Å²) in [6.45, 7) is 2.63. The van der Waals surface area contributed by atoms with E-state index >= 15 is 0 Å². The third-order valence-electron chi connectivity index (χ3n) is 4.52. The first-order chi connectivity index (χ1) is 10.8. The van der Waals surface area contributed by atoms with Crippen molar-refractivity contribution in [3.63, 3.8) is 0 Å². The van der Waals surface area contributed by atoms with Crippen molar-refractivity contribution in [3.8, 4) is 0 Å². The summed E-state index contributed by atoms with van der Waals surface area (Å²) < 4.78 is 0. The second-order valence-electron chi connectivity index (χ2n) is 6.23. The molecule has 0 heterocycles. The number of nitrogens with two attached hydrogens (primary N) is 1. The zero-order chi connectivity index (χ0) is 16.2. The van der Waals surface area contributed by atoms with Gasteiger partial charge in [-0.05, 0) is 30.5 Å². The van der Waals surface area contributed by atoms with E-state index < -0.39 is 0 Å². The summed E-state index contributed by atoms with van der Waals surface area (Å²) in [4.78, 5) is 0. The van der Waals surface area contributed by atoms with Gasteiger partial charge in [-0.2, -0.15) is 0 Å². The molecule has 1 unspecified atom stereocenters. The Balaban J connectivity index is 2.44. The summed E-state index contributed by atoms with van der Waals surface area (Å²) in [7, 11) is 0. The lowest BCUT2D eigenvalue weighted by Crippen LogP contribution is -2.26. The van der Waals surface area contributed by atoms with E-state index in [9.17, 15) is 10.2 Å². The zero-order valence-electron chi connectivity index (χ0n) is 14.0. The Bertz CT molecular complexity index is 374.